The molecule has 1 amide bonds. The zero-order valence-corrected chi connectivity index (χ0v) is 13.3. The standard InChI is InChI=1S/C18H13N5O3/c24-12-6-4-10(5-7-12)14-9-19-16-15(20-14)17(23-22-16)21-18(26)11-2-1-3-13(25)8-11/h1-9,24-25H,(H2,19,21,22,23,26). The zero-order chi connectivity index (χ0) is 18.1. The second-order valence-electron chi connectivity index (χ2n) is 5.58. The molecule has 2 heterocycles. The van der Waals surface area contributed by atoms with Gasteiger partial charge in [0.2, 0.25) is 5.65 Å². The fraction of sp³-hybridized carbons (Fsp3) is 0. The number of H-pyrrole nitrogens is 1. The summed E-state index contributed by atoms with van der Waals surface area (Å²) in [6, 6.07) is 12.6. The van der Waals surface area contributed by atoms with Gasteiger partial charge in [0, 0.05) is 11.1 Å². The fourth-order valence-corrected chi connectivity index (χ4v) is 2.49. The van der Waals surface area contributed by atoms with Gasteiger partial charge in [-0.25, -0.2) is 9.97 Å². The third-order valence-electron chi connectivity index (χ3n) is 3.77. The maximum Gasteiger partial charge on any atom is 0.256 e. The molecule has 4 aromatic rings. The molecule has 0 saturated carbocycles. The first-order valence-corrected chi connectivity index (χ1v) is 7.71. The Morgan fingerprint density at radius 3 is 2.62 bits per heavy atom. The number of nitrogens with zero attached hydrogens (tertiary/aromatic N) is 3. The molecule has 2 aromatic carbocycles. The number of nitrogens with one attached hydrogen (secondary N) is 2. The van der Waals surface area contributed by atoms with Crippen molar-refractivity contribution >= 4 is 22.9 Å². The lowest BCUT2D eigenvalue weighted by Crippen LogP contribution is -2.12. The van der Waals surface area contributed by atoms with E-state index in [1.807, 2.05) is 0 Å². The van der Waals surface area contributed by atoms with Gasteiger partial charge >= 0.3 is 0 Å². The second-order valence-corrected chi connectivity index (χ2v) is 5.58. The molecule has 2 aromatic heterocycles. The Kier molecular flexibility index (Phi) is 3.70. The molecular formula is C18H13N5O3. The number of aromatic nitrogens is 4. The van der Waals surface area contributed by atoms with Crippen LogP contribution in [-0.4, -0.2) is 36.3 Å². The second kappa shape index (κ2) is 6.17. The minimum absolute atomic E-state index is 0.00141. The van der Waals surface area contributed by atoms with Crippen LogP contribution < -0.4 is 5.32 Å². The largest absolute Gasteiger partial charge is 0.508 e. The van der Waals surface area contributed by atoms with Crippen molar-refractivity contribution in [3.05, 3.63) is 60.3 Å². The van der Waals surface area contributed by atoms with E-state index in [-0.39, 0.29) is 11.5 Å². The lowest BCUT2D eigenvalue weighted by molar-refractivity contribution is 0.102. The molecule has 26 heavy (non-hydrogen) atoms. The van der Waals surface area contributed by atoms with Crippen LogP contribution in [0.15, 0.2) is 54.7 Å². The van der Waals surface area contributed by atoms with Gasteiger partial charge in [-0.05, 0) is 42.5 Å². The van der Waals surface area contributed by atoms with E-state index in [0.29, 0.717) is 28.2 Å². The van der Waals surface area contributed by atoms with Gasteiger partial charge in [0.05, 0.1) is 11.9 Å². The van der Waals surface area contributed by atoms with Crippen LogP contribution in [0, 0.1) is 0 Å². The molecule has 0 saturated heterocycles. The zero-order valence-electron chi connectivity index (χ0n) is 13.3. The number of phenolic OH excluding ortho intramolecular Hbond substituents is 2. The summed E-state index contributed by atoms with van der Waals surface area (Å²) in [4.78, 5) is 21.1. The van der Waals surface area contributed by atoms with Crippen molar-refractivity contribution < 1.29 is 15.0 Å². The number of anilines is 1. The number of amides is 1. The fourth-order valence-electron chi connectivity index (χ4n) is 2.49. The summed E-state index contributed by atoms with van der Waals surface area (Å²) >= 11 is 0. The molecule has 0 aliphatic carbocycles. The summed E-state index contributed by atoms with van der Waals surface area (Å²) in [7, 11) is 0. The van der Waals surface area contributed by atoms with E-state index in [1.165, 1.54) is 12.1 Å². The van der Waals surface area contributed by atoms with Gasteiger partial charge in [0.25, 0.3) is 5.91 Å². The highest BCUT2D eigenvalue weighted by atomic mass is 16.3. The van der Waals surface area contributed by atoms with Gasteiger partial charge in [-0.3, -0.25) is 9.89 Å². The molecule has 4 rings (SSSR count). The number of carbonyl (C=O) groups excluding carboxylic acids is 1. The molecule has 0 spiro atoms. The number of hydrogen-bond acceptors (Lipinski definition) is 6. The highest BCUT2D eigenvalue weighted by Crippen LogP contribution is 2.24. The number of fused-ring (bicyclic) bond motifs is 1. The molecule has 128 valence electrons. The minimum atomic E-state index is -0.414. The number of hydrogen-bond donors (Lipinski definition) is 4. The Morgan fingerprint density at radius 1 is 1.04 bits per heavy atom. The number of rotatable bonds is 3. The summed E-state index contributed by atoms with van der Waals surface area (Å²) < 4.78 is 0. The van der Waals surface area contributed by atoms with Gasteiger partial charge < -0.3 is 15.5 Å². The van der Waals surface area contributed by atoms with Crippen LogP contribution in [-0.2, 0) is 0 Å². The monoisotopic (exact) mass is 347 g/mol. The van der Waals surface area contributed by atoms with E-state index in [1.54, 1.807) is 42.6 Å². The Hall–Kier alpha value is -3.94. The van der Waals surface area contributed by atoms with Gasteiger partial charge in [-0.2, -0.15) is 5.10 Å². The molecule has 8 nitrogen and oxygen atoms in total. The number of aromatic amines is 1. The lowest BCUT2D eigenvalue weighted by Gasteiger charge is -2.04. The van der Waals surface area contributed by atoms with Crippen molar-refractivity contribution in [1.29, 1.82) is 0 Å². The molecule has 0 aliphatic heterocycles. The maximum atomic E-state index is 12.4. The van der Waals surface area contributed by atoms with E-state index < -0.39 is 5.91 Å². The van der Waals surface area contributed by atoms with Crippen LogP contribution in [0.4, 0.5) is 5.82 Å². The molecule has 0 unspecified atom stereocenters. The topological polar surface area (TPSA) is 124 Å². The van der Waals surface area contributed by atoms with Crippen LogP contribution >= 0.6 is 0 Å². The number of benzene rings is 2. The maximum absolute atomic E-state index is 12.4. The number of aromatic hydroxyl groups is 2. The molecule has 0 fully saturated rings. The van der Waals surface area contributed by atoms with E-state index >= 15 is 0 Å². The number of phenols is 2. The van der Waals surface area contributed by atoms with Crippen LogP contribution in [0.25, 0.3) is 22.4 Å². The third-order valence-corrected chi connectivity index (χ3v) is 3.77. The molecule has 0 radical (unpaired) electrons. The molecular weight excluding hydrogens is 334 g/mol. The van der Waals surface area contributed by atoms with Gasteiger partial charge in [-0.1, -0.05) is 6.07 Å². The average Bonchev–Trinajstić information content (AvgIpc) is 3.04. The number of carbonyl (C=O) groups is 1. The van der Waals surface area contributed by atoms with Gasteiger partial charge in [-0.15, -0.1) is 0 Å². The Bertz CT molecular complexity index is 1110. The summed E-state index contributed by atoms with van der Waals surface area (Å²) in [5, 5.41) is 28.3. The Morgan fingerprint density at radius 2 is 1.85 bits per heavy atom. The SMILES string of the molecule is O=C(Nc1[nH]nc2ncc(-c3ccc(O)cc3)nc12)c1cccc(O)c1. The normalized spacial score (nSPS) is 10.8. The first-order valence-electron chi connectivity index (χ1n) is 7.71. The molecule has 4 N–H and O–H groups in total. The summed E-state index contributed by atoms with van der Waals surface area (Å²) in [5.41, 5.74) is 2.41. The lowest BCUT2D eigenvalue weighted by atomic mass is 10.1. The van der Waals surface area contributed by atoms with Crippen LogP contribution in [0.2, 0.25) is 0 Å². The van der Waals surface area contributed by atoms with Crippen molar-refractivity contribution in [1.82, 2.24) is 20.2 Å². The minimum Gasteiger partial charge on any atom is -0.508 e. The van der Waals surface area contributed by atoms with E-state index in [4.69, 9.17) is 0 Å². The van der Waals surface area contributed by atoms with E-state index in [0.717, 1.165) is 5.56 Å². The smallest absolute Gasteiger partial charge is 0.256 e. The van der Waals surface area contributed by atoms with Gasteiger partial charge in [0.15, 0.2) is 11.3 Å². The Balaban J connectivity index is 1.68. The van der Waals surface area contributed by atoms with Crippen molar-refractivity contribution in [2.24, 2.45) is 0 Å². The quantitative estimate of drug-likeness (QED) is 0.452. The summed E-state index contributed by atoms with van der Waals surface area (Å²) in [6.45, 7) is 0. The Labute approximate surface area is 147 Å². The van der Waals surface area contributed by atoms with E-state index in [9.17, 15) is 15.0 Å². The first-order chi connectivity index (χ1) is 12.6. The van der Waals surface area contributed by atoms with Gasteiger partial charge in [0.1, 0.15) is 11.5 Å². The summed E-state index contributed by atoms with van der Waals surface area (Å²) in [6.07, 6.45) is 1.57. The van der Waals surface area contributed by atoms with Crippen molar-refractivity contribution in [3.63, 3.8) is 0 Å². The highest BCUT2D eigenvalue weighted by Gasteiger charge is 2.14. The highest BCUT2D eigenvalue weighted by molar-refractivity contribution is 6.07. The van der Waals surface area contributed by atoms with Crippen LogP contribution in [0.3, 0.4) is 0 Å². The average molecular weight is 347 g/mol. The molecule has 0 atom stereocenters. The first kappa shape index (κ1) is 15.6. The van der Waals surface area contributed by atoms with Crippen molar-refractivity contribution in [2.75, 3.05) is 5.32 Å². The molecule has 0 aliphatic rings. The van der Waals surface area contributed by atoms with Crippen molar-refractivity contribution in [3.8, 4) is 22.8 Å². The predicted molar refractivity (Wildman–Crippen MR) is 94.8 cm³/mol. The molecule has 0 bridgehead atoms. The third kappa shape index (κ3) is 2.91. The summed E-state index contributed by atoms with van der Waals surface area (Å²) in [5.74, 6) is 0.0523. The van der Waals surface area contributed by atoms with Crippen LogP contribution in [0.1, 0.15) is 10.4 Å². The van der Waals surface area contributed by atoms with Crippen LogP contribution in [0.5, 0.6) is 11.5 Å². The molecule has 8 heteroatoms. The van der Waals surface area contributed by atoms with E-state index in [2.05, 4.69) is 25.5 Å². The van der Waals surface area contributed by atoms with Crippen molar-refractivity contribution in [2.45, 2.75) is 0 Å². The predicted octanol–water partition coefficient (Wildman–Crippen LogP) is 2.68.